The quantitative estimate of drug-likeness (QED) is 0.452. The number of hydrogen-bond donors (Lipinski definition) is 1. The Bertz CT molecular complexity index is 1340. The number of benzene rings is 2. The number of nitriles is 1. The Balaban J connectivity index is 0.000000983. The molecule has 3 aromatic rings. The first kappa shape index (κ1) is 27.6. The fourth-order valence-corrected chi connectivity index (χ4v) is 5.93. The molecule has 8 nitrogen and oxygen atoms in total. The van der Waals surface area contributed by atoms with Crippen LogP contribution in [0.25, 0.3) is 10.8 Å². The molecule has 6 rings (SSSR count). The Morgan fingerprint density at radius 2 is 1.90 bits per heavy atom. The molecule has 1 saturated carbocycles. The van der Waals surface area contributed by atoms with Crippen molar-refractivity contribution in [2.75, 3.05) is 58.3 Å². The summed E-state index contributed by atoms with van der Waals surface area (Å²) in [5.74, 6) is 0.961. The highest BCUT2D eigenvalue weighted by Crippen LogP contribution is 2.46. The van der Waals surface area contributed by atoms with Gasteiger partial charge in [0.05, 0.1) is 31.1 Å². The molecule has 1 saturated heterocycles. The number of anilines is 1. The van der Waals surface area contributed by atoms with E-state index >= 15 is 0 Å². The molecule has 0 bridgehead atoms. The van der Waals surface area contributed by atoms with E-state index in [1.165, 1.54) is 19.8 Å². The average Bonchev–Trinajstić information content (AvgIpc) is 3.70. The number of fused-ring (bicyclic) bond motifs is 2. The highest BCUT2D eigenvalue weighted by Gasteiger charge is 2.44. The number of ether oxygens (including phenoxy) is 2. The SMILES string of the molecule is CC#N.CN(C)CC1(COc2nc3c(c(N4CCNCC4)n2)COC(c2cccc4cccc(Cl)c24)C3)CC1. The summed E-state index contributed by atoms with van der Waals surface area (Å²) in [7, 11) is 4.25. The van der Waals surface area contributed by atoms with Crippen molar-refractivity contribution in [3.8, 4) is 12.1 Å². The maximum Gasteiger partial charge on any atom is 0.318 e. The molecule has 206 valence electrons. The Labute approximate surface area is 235 Å². The van der Waals surface area contributed by atoms with Gasteiger partial charge in [0, 0.05) is 67.5 Å². The molecule has 0 amide bonds. The lowest BCUT2D eigenvalue weighted by atomic mass is 9.94. The Hall–Kier alpha value is -2.96. The van der Waals surface area contributed by atoms with E-state index in [1.54, 1.807) is 6.07 Å². The summed E-state index contributed by atoms with van der Waals surface area (Å²) in [5, 5.41) is 13.7. The van der Waals surface area contributed by atoms with Crippen molar-refractivity contribution < 1.29 is 9.47 Å². The minimum atomic E-state index is -0.122. The first-order valence-corrected chi connectivity index (χ1v) is 14.0. The second-order valence-electron chi connectivity index (χ2n) is 10.9. The van der Waals surface area contributed by atoms with Crippen molar-refractivity contribution >= 4 is 28.2 Å². The van der Waals surface area contributed by atoms with E-state index in [1.807, 2.05) is 12.1 Å². The van der Waals surface area contributed by atoms with E-state index in [4.69, 9.17) is 36.3 Å². The van der Waals surface area contributed by atoms with Gasteiger partial charge in [0.25, 0.3) is 0 Å². The van der Waals surface area contributed by atoms with E-state index in [-0.39, 0.29) is 11.5 Å². The molecule has 2 aromatic carbocycles. The number of hydrogen-bond acceptors (Lipinski definition) is 8. The van der Waals surface area contributed by atoms with Crippen LogP contribution in [0.4, 0.5) is 5.82 Å². The summed E-state index contributed by atoms with van der Waals surface area (Å²) in [4.78, 5) is 14.5. The number of piperazine rings is 1. The van der Waals surface area contributed by atoms with Crippen LogP contribution in [0.5, 0.6) is 6.01 Å². The number of halogens is 1. The molecule has 1 N–H and O–H groups in total. The zero-order valence-corrected chi connectivity index (χ0v) is 23.8. The Morgan fingerprint density at radius 1 is 1.18 bits per heavy atom. The van der Waals surface area contributed by atoms with Crippen LogP contribution in [0.2, 0.25) is 5.02 Å². The van der Waals surface area contributed by atoms with Gasteiger partial charge in [-0.25, -0.2) is 0 Å². The van der Waals surface area contributed by atoms with Crippen LogP contribution in [0.15, 0.2) is 36.4 Å². The summed E-state index contributed by atoms with van der Waals surface area (Å²) in [6.45, 7) is 7.30. The third-order valence-electron chi connectivity index (χ3n) is 7.62. The lowest BCUT2D eigenvalue weighted by Crippen LogP contribution is -2.44. The fourth-order valence-electron chi connectivity index (χ4n) is 5.64. The summed E-state index contributed by atoms with van der Waals surface area (Å²) in [5.41, 5.74) is 3.44. The predicted molar refractivity (Wildman–Crippen MR) is 154 cm³/mol. The second-order valence-corrected chi connectivity index (χ2v) is 11.3. The summed E-state index contributed by atoms with van der Waals surface area (Å²) >= 11 is 6.64. The first-order valence-electron chi connectivity index (χ1n) is 13.7. The molecule has 2 fully saturated rings. The summed E-state index contributed by atoms with van der Waals surface area (Å²) in [6.07, 6.45) is 2.93. The molecule has 3 aliphatic rings. The van der Waals surface area contributed by atoms with Crippen LogP contribution in [0.3, 0.4) is 0 Å². The largest absolute Gasteiger partial charge is 0.463 e. The van der Waals surface area contributed by atoms with E-state index in [0.29, 0.717) is 25.6 Å². The zero-order chi connectivity index (χ0) is 27.4. The molecular formula is C30H37ClN6O2. The maximum absolute atomic E-state index is 7.32. The third kappa shape index (κ3) is 6.28. The van der Waals surface area contributed by atoms with Gasteiger partial charge in [-0.15, -0.1) is 0 Å². The van der Waals surface area contributed by atoms with Gasteiger partial charge in [0.15, 0.2) is 0 Å². The van der Waals surface area contributed by atoms with Crippen molar-refractivity contribution in [3.05, 3.63) is 58.2 Å². The van der Waals surface area contributed by atoms with Gasteiger partial charge >= 0.3 is 6.01 Å². The molecular weight excluding hydrogens is 512 g/mol. The average molecular weight is 549 g/mol. The van der Waals surface area contributed by atoms with Crippen molar-refractivity contribution in [3.63, 3.8) is 0 Å². The molecule has 1 aromatic heterocycles. The lowest BCUT2D eigenvalue weighted by molar-refractivity contribution is 0.0265. The molecule has 9 heteroatoms. The second kappa shape index (κ2) is 12.1. The number of nitrogens with one attached hydrogen (secondary N) is 1. The monoisotopic (exact) mass is 548 g/mol. The molecule has 3 heterocycles. The molecule has 39 heavy (non-hydrogen) atoms. The standard InChI is InChI=1S/C28H34ClN5O2.C2H3N/c1-33(2)17-28(9-10-28)18-36-27-31-23-15-24(20-7-3-5-19-6-4-8-22(29)25(19)20)35-16-21(23)26(32-27)34-13-11-30-12-14-34;1-2-3/h3-8,24,30H,9-18H2,1-2H3;1H3. The van der Waals surface area contributed by atoms with Crippen LogP contribution in [-0.2, 0) is 17.8 Å². The Morgan fingerprint density at radius 3 is 2.59 bits per heavy atom. The first-order chi connectivity index (χ1) is 18.9. The van der Waals surface area contributed by atoms with Gasteiger partial charge in [-0.3, -0.25) is 0 Å². The minimum absolute atomic E-state index is 0.122. The zero-order valence-electron chi connectivity index (χ0n) is 23.0. The normalized spacial score (nSPS) is 19.6. The molecule has 0 spiro atoms. The van der Waals surface area contributed by atoms with Gasteiger partial charge in [-0.1, -0.05) is 41.9 Å². The highest BCUT2D eigenvalue weighted by molar-refractivity contribution is 6.35. The van der Waals surface area contributed by atoms with E-state index in [0.717, 1.165) is 71.2 Å². The lowest BCUT2D eigenvalue weighted by Gasteiger charge is -2.33. The topological polar surface area (TPSA) is 86.5 Å². The van der Waals surface area contributed by atoms with E-state index in [9.17, 15) is 0 Å². The van der Waals surface area contributed by atoms with Crippen molar-refractivity contribution in [2.24, 2.45) is 5.41 Å². The van der Waals surface area contributed by atoms with Gasteiger partial charge in [-0.05, 0) is 44.0 Å². The van der Waals surface area contributed by atoms with E-state index < -0.39 is 0 Å². The molecule has 0 radical (unpaired) electrons. The number of rotatable bonds is 7. The van der Waals surface area contributed by atoms with Crippen LogP contribution >= 0.6 is 11.6 Å². The van der Waals surface area contributed by atoms with Gasteiger partial charge < -0.3 is 24.6 Å². The molecule has 1 unspecified atom stereocenters. The molecule has 2 aliphatic heterocycles. The summed E-state index contributed by atoms with van der Waals surface area (Å²) < 4.78 is 12.8. The Kier molecular flexibility index (Phi) is 8.53. The number of nitrogens with zero attached hydrogens (tertiary/aromatic N) is 5. The van der Waals surface area contributed by atoms with E-state index in [2.05, 4.69) is 53.5 Å². The molecule has 1 atom stereocenters. The third-order valence-corrected chi connectivity index (χ3v) is 7.94. The predicted octanol–water partition coefficient (Wildman–Crippen LogP) is 4.76. The van der Waals surface area contributed by atoms with Crippen molar-refractivity contribution in [1.82, 2.24) is 20.2 Å². The van der Waals surface area contributed by atoms with Gasteiger partial charge in [-0.2, -0.15) is 15.2 Å². The van der Waals surface area contributed by atoms with Crippen LogP contribution in [0, 0.1) is 16.7 Å². The summed E-state index contributed by atoms with van der Waals surface area (Å²) in [6, 6.07) is 14.6. The smallest absolute Gasteiger partial charge is 0.318 e. The van der Waals surface area contributed by atoms with Crippen LogP contribution in [0.1, 0.15) is 42.7 Å². The van der Waals surface area contributed by atoms with Crippen molar-refractivity contribution in [1.29, 1.82) is 5.26 Å². The van der Waals surface area contributed by atoms with Gasteiger partial charge in [0.2, 0.25) is 0 Å². The van der Waals surface area contributed by atoms with Crippen LogP contribution < -0.4 is 15.0 Å². The van der Waals surface area contributed by atoms with Gasteiger partial charge in [0.1, 0.15) is 5.82 Å². The number of aromatic nitrogens is 2. The minimum Gasteiger partial charge on any atom is -0.463 e. The molecule has 1 aliphatic carbocycles. The van der Waals surface area contributed by atoms with Crippen molar-refractivity contribution in [2.45, 2.75) is 38.9 Å². The van der Waals surface area contributed by atoms with Crippen LogP contribution in [-0.4, -0.2) is 68.3 Å². The highest BCUT2D eigenvalue weighted by atomic mass is 35.5. The maximum atomic E-state index is 7.32. The fraction of sp³-hybridized carbons (Fsp3) is 0.500.